The first-order valence-electron chi connectivity index (χ1n) is 8.30. The summed E-state index contributed by atoms with van der Waals surface area (Å²) in [4.78, 5) is 4.74. The molecule has 0 atom stereocenters. The van der Waals surface area contributed by atoms with E-state index in [4.69, 9.17) is 4.99 Å². The van der Waals surface area contributed by atoms with Gasteiger partial charge in [0.2, 0.25) is 0 Å². The van der Waals surface area contributed by atoms with Crippen molar-refractivity contribution in [3.05, 3.63) is 23.8 Å². The monoisotopic (exact) mass is 430 g/mol. The molecule has 0 unspecified atom stereocenters. The third-order valence-electron chi connectivity index (χ3n) is 4.61. The summed E-state index contributed by atoms with van der Waals surface area (Å²) in [6.07, 6.45) is 11.7. The highest BCUT2D eigenvalue weighted by molar-refractivity contribution is 14.0. The zero-order valence-corrected chi connectivity index (χ0v) is 16.3. The molecule has 0 radical (unpaired) electrons. The van der Waals surface area contributed by atoms with E-state index in [2.05, 4.69) is 33.0 Å². The molecule has 2 N–H and O–H groups in total. The van der Waals surface area contributed by atoms with Crippen LogP contribution in [0.1, 0.15) is 50.2 Å². The van der Waals surface area contributed by atoms with Crippen molar-refractivity contribution in [2.45, 2.75) is 64.1 Å². The molecule has 0 amide bonds. The van der Waals surface area contributed by atoms with E-state index in [1.165, 1.54) is 25.7 Å². The Morgan fingerprint density at radius 1 is 1.17 bits per heavy atom. The molecule has 0 aliphatic heterocycles. The van der Waals surface area contributed by atoms with Crippen LogP contribution in [0.3, 0.4) is 0 Å². The van der Waals surface area contributed by atoms with Gasteiger partial charge in [0.05, 0.1) is 0 Å². The average molecular weight is 430 g/mol. The van der Waals surface area contributed by atoms with Gasteiger partial charge in [-0.3, -0.25) is 0 Å². The number of guanidine groups is 1. The number of aromatic nitrogens is 3. The van der Waals surface area contributed by atoms with Crippen LogP contribution in [-0.2, 0) is 13.6 Å². The standard InChI is InChI=1S/C16H26N6.HI/c1-12-20-21-15(22(12)2)11-17-16(18-13-7-3-4-8-13)19-14-9-5-6-10-14;/h3-4,13-14H,5-11H2,1-2H3,(H2,17,18,19);1H. The summed E-state index contributed by atoms with van der Waals surface area (Å²) in [5, 5.41) is 15.4. The molecule has 2 aliphatic carbocycles. The number of nitrogens with one attached hydrogen (secondary N) is 2. The van der Waals surface area contributed by atoms with Crippen molar-refractivity contribution < 1.29 is 0 Å². The van der Waals surface area contributed by atoms with Crippen molar-refractivity contribution in [3.8, 4) is 0 Å². The molecule has 0 bridgehead atoms. The molecule has 6 nitrogen and oxygen atoms in total. The van der Waals surface area contributed by atoms with E-state index in [1.54, 1.807) is 0 Å². The lowest BCUT2D eigenvalue weighted by Gasteiger charge is -2.21. The number of halogens is 1. The lowest BCUT2D eigenvalue weighted by molar-refractivity contribution is 0.578. The molecule has 1 fully saturated rings. The van der Waals surface area contributed by atoms with Crippen molar-refractivity contribution in [1.82, 2.24) is 25.4 Å². The minimum atomic E-state index is 0. The number of nitrogens with zero attached hydrogens (tertiary/aromatic N) is 4. The minimum Gasteiger partial charge on any atom is -0.354 e. The molecular formula is C16H27IN6. The summed E-state index contributed by atoms with van der Waals surface area (Å²) < 4.78 is 1.99. The maximum absolute atomic E-state index is 4.74. The third-order valence-corrected chi connectivity index (χ3v) is 4.61. The summed E-state index contributed by atoms with van der Waals surface area (Å²) >= 11 is 0. The van der Waals surface area contributed by atoms with Crippen LogP contribution in [0.5, 0.6) is 0 Å². The molecule has 1 aromatic heterocycles. The molecule has 3 rings (SSSR count). The van der Waals surface area contributed by atoms with E-state index in [0.29, 0.717) is 18.6 Å². The molecule has 0 spiro atoms. The fraction of sp³-hybridized carbons (Fsp3) is 0.688. The Labute approximate surface area is 155 Å². The molecule has 1 saturated carbocycles. The van der Waals surface area contributed by atoms with Crippen molar-refractivity contribution in [1.29, 1.82) is 0 Å². The van der Waals surface area contributed by atoms with Crippen LogP contribution >= 0.6 is 24.0 Å². The number of aryl methyl sites for hydroxylation is 1. The van der Waals surface area contributed by atoms with Gasteiger partial charge in [0.1, 0.15) is 12.4 Å². The maximum atomic E-state index is 4.74. The van der Waals surface area contributed by atoms with Crippen LogP contribution in [-0.4, -0.2) is 32.8 Å². The summed E-state index contributed by atoms with van der Waals surface area (Å²) in [6, 6.07) is 1.02. The quantitative estimate of drug-likeness (QED) is 0.333. The highest BCUT2D eigenvalue weighted by atomic mass is 127. The van der Waals surface area contributed by atoms with Gasteiger partial charge in [-0.2, -0.15) is 0 Å². The molecular weight excluding hydrogens is 403 g/mol. The Balaban J connectivity index is 0.00000192. The van der Waals surface area contributed by atoms with Crippen LogP contribution in [0.25, 0.3) is 0 Å². The fourth-order valence-corrected chi connectivity index (χ4v) is 3.06. The van der Waals surface area contributed by atoms with Gasteiger partial charge in [-0.25, -0.2) is 4.99 Å². The zero-order valence-electron chi connectivity index (χ0n) is 14.0. The molecule has 0 aromatic carbocycles. The first-order chi connectivity index (χ1) is 10.7. The lowest BCUT2D eigenvalue weighted by Crippen LogP contribution is -2.46. The summed E-state index contributed by atoms with van der Waals surface area (Å²) in [5.41, 5.74) is 0. The van der Waals surface area contributed by atoms with Crippen LogP contribution < -0.4 is 10.6 Å². The van der Waals surface area contributed by atoms with Crippen LogP contribution in [0.15, 0.2) is 17.1 Å². The molecule has 23 heavy (non-hydrogen) atoms. The van der Waals surface area contributed by atoms with E-state index >= 15 is 0 Å². The molecule has 0 saturated heterocycles. The van der Waals surface area contributed by atoms with Gasteiger partial charge >= 0.3 is 0 Å². The summed E-state index contributed by atoms with van der Waals surface area (Å²) in [7, 11) is 1.98. The predicted molar refractivity (Wildman–Crippen MR) is 103 cm³/mol. The Morgan fingerprint density at radius 3 is 2.43 bits per heavy atom. The van der Waals surface area contributed by atoms with E-state index < -0.39 is 0 Å². The Kier molecular flexibility index (Phi) is 6.86. The van der Waals surface area contributed by atoms with Gasteiger partial charge in [-0.05, 0) is 32.6 Å². The van der Waals surface area contributed by atoms with Gasteiger partial charge in [-0.1, -0.05) is 25.0 Å². The number of hydrogen-bond acceptors (Lipinski definition) is 3. The minimum absolute atomic E-state index is 0. The number of hydrogen-bond donors (Lipinski definition) is 2. The second-order valence-corrected chi connectivity index (χ2v) is 6.30. The van der Waals surface area contributed by atoms with Crippen molar-refractivity contribution in [3.63, 3.8) is 0 Å². The second-order valence-electron chi connectivity index (χ2n) is 6.30. The van der Waals surface area contributed by atoms with Gasteiger partial charge in [0, 0.05) is 19.1 Å². The maximum Gasteiger partial charge on any atom is 0.192 e. The number of rotatable bonds is 4. The van der Waals surface area contributed by atoms with Gasteiger partial charge < -0.3 is 15.2 Å². The fourth-order valence-electron chi connectivity index (χ4n) is 3.06. The lowest BCUT2D eigenvalue weighted by atomic mass is 10.2. The average Bonchev–Trinajstić information content (AvgIpc) is 3.24. The summed E-state index contributed by atoms with van der Waals surface area (Å²) in [5.74, 6) is 2.74. The second kappa shape index (κ2) is 8.65. The first kappa shape index (κ1) is 18.2. The van der Waals surface area contributed by atoms with Crippen LogP contribution in [0, 0.1) is 6.92 Å². The van der Waals surface area contributed by atoms with Gasteiger partial charge in [-0.15, -0.1) is 34.2 Å². The van der Waals surface area contributed by atoms with Gasteiger partial charge in [0.25, 0.3) is 0 Å². The zero-order chi connectivity index (χ0) is 15.4. The predicted octanol–water partition coefficient (Wildman–Crippen LogP) is 2.44. The Bertz CT molecular complexity index is 545. The Morgan fingerprint density at radius 2 is 1.83 bits per heavy atom. The molecule has 1 aromatic rings. The highest BCUT2D eigenvalue weighted by Gasteiger charge is 2.18. The normalized spacial score (nSPS) is 19.1. The van der Waals surface area contributed by atoms with E-state index in [1.807, 2.05) is 18.5 Å². The van der Waals surface area contributed by atoms with Crippen molar-refractivity contribution in [2.75, 3.05) is 0 Å². The molecule has 1 heterocycles. The Hall–Kier alpha value is -1.12. The smallest absolute Gasteiger partial charge is 0.192 e. The highest BCUT2D eigenvalue weighted by Crippen LogP contribution is 2.18. The molecule has 128 valence electrons. The molecule has 2 aliphatic rings. The van der Waals surface area contributed by atoms with Crippen LogP contribution in [0.4, 0.5) is 0 Å². The van der Waals surface area contributed by atoms with E-state index in [-0.39, 0.29) is 24.0 Å². The van der Waals surface area contributed by atoms with Gasteiger partial charge in [0.15, 0.2) is 11.8 Å². The van der Waals surface area contributed by atoms with E-state index in [9.17, 15) is 0 Å². The van der Waals surface area contributed by atoms with Crippen LogP contribution in [0.2, 0.25) is 0 Å². The van der Waals surface area contributed by atoms with E-state index in [0.717, 1.165) is 30.5 Å². The van der Waals surface area contributed by atoms with Crippen molar-refractivity contribution in [2.24, 2.45) is 12.0 Å². The summed E-state index contributed by atoms with van der Waals surface area (Å²) in [6.45, 7) is 2.51. The SMILES string of the molecule is Cc1nnc(CN=C(NC2CC=CC2)NC2CCCC2)n1C.I. The topological polar surface area (TPSA) is 67.1 Å². The molecule has 7 heteroatoms. The third kappa shape index (κ3) is 4.92. The largest absolute Gasteiger partial charge is 0.354 e. The van der Waals surface area contributed by atoms with Crippen molar-refractivity contribution >= 4 is 29.9 Å². The first-order valence-corrected chi connectivity index (χ1v) is 8.30. The number of aliphatic imine (C=N–C) groups is 1.